The SMILES string of the molecule is CN(c1c(N)n(Cc2cccc(F)c2)c(=O)[nH]c1=O)S(=O)(=O)c1ccccc1. The molecule has 28 heavy (non-hydrogen) atoms. The van der Waals surface area contributed by atoms with E-state index in [0.717, 1.165) is 8.87 Å². The van der Waals surface area contributed by atoms with Crippen LogP contribution in [0, 0.1) is 5.82 Å². The Labute approximate surface area is 159 Å². The zero-order valence-electron chi connectivity index (χ0n) is 14.8. The summed E-state index contributed by atoms with van der Waals surface area (Å²) in [6.07, 6.45) is 0. The molecule has 0 saturated carbocycles. The van der Waals surface area contributed by atoms with E-state index in [4.69, 9.17) is 5.73 Å². The lowest BCUT2D eigenvalue weighted by Crippen LogP contribution is -2.39. The molecule has 146 valence electrons. The first-order valence-electron chi connectivity index (χ1n) is 8.13. The van der Waals surface area contributed by atoms with Crippen molar-refractivity contribution in [3.05, 3.63) is 86.8 Å². The molecular formula is C18H17FN4O4S. The van der Waals surface area contributed by atoms with Gasteiger partial charge in [-0.2, -0.15) is 0 Å². The number of nitrogens with zero attached hydrogens (tertiary/aromatic N) is 2. The van der Waals surface area contributed by atoms with Crippen LogP contribution >= 0.6 is 0 Å². The van der Waals surface area contributed by atoms with Gasteiger partial charge in [0.05, 0.1) is 11.4 Å². The van der Waals surface area contributed by atoms with E-state index in [1.165, 1.54) is 37.4 Å². The molecule has 0 aliphatic heterocycles. The van der Waals surface area contributed by atoms with Gasteiger partial charge in [0.25, 0.3) is 15.6 Å². The first-order valence-corrected chi connectivity index (χ1v) is 9.57. The van der Waals surface area contributed by atoms with E-state index in [9.17, 15) is 22.4 Å². The quantitative estimate of drug-likeness (QED) is 0.661. The Balaban J connectivity index is 2.12. The summed E-state index contributed by atoms with van der Waals surface area (Å²) < 4.78 is 40.8. The molecule has 0 saturated heterocycles. The fraction of sp³-hybridized carbons (Fsp3) is 0.111. The Bertz CT molecular complexity index is 1240. The molecule has 3 N–H and O–H groups in total. The minimum Gasteiger partial charge on any atom is -0.383 e. The molecule has 3 rings (SSSR count). The molecule has 0 aliphatic rings. The fourth-order valence-corrected chi connectivity index (χ4v) is 3.96. The van der Waals surface area contributed by atoms with Crippen LogP contribution < -0.4 is 21.3 Å². The standard InChI is InChI=1S/C18H17FN4O4S/c1-22(28(26,27)14-8-3-2-4-9-14)15-16(20)23(18(25)21-17(15)24)11-12-6-5-7-13(19)10-12/h2-10H,11,20H2,1H3,(H,21,24,25). The molecule has 0 fully saturated rings. The minimum absolute atomic E-state index is 0.0424. The number of rotatable bonds is 5. The van der Waals surface area contributed by atoms with Crippen molar-refractivity contribution in [2.24, 2.45) is 0 Å². The smallest absolute Gasteiger partial charge is 0.330 e. The highest BCUT2D eigenvalue weighted by molar-refractivity contribution is 7.92. The molecular weight excluding hydrogens is 387 g/mol. The van der Waals surface area contributed by atoms with Gasteiger partial charge in [-0.15, -0.1) is 0 Å². The van der Waals surface area contributed by atoms with Crippen LogP contribution in [0.4, 0.5) is 15.9 Å². The molecule has 3 aromatic rings. The maximum absolute atomic E-state index is 13.4. The topological polar surface area (TPSA) is 118 Å². The maximum atomic E-state index is 13.4. The molecule has 0 radical (unpaired) electrons. The molecule has 2 aromatic carbocycles. The minimum atomic E-state index is -4.09. The second-order valence-electron chi connectivity index (χ2n) is 5.99. The van der Waals surface area contributed by atoms with Gasteiger partial charge >= 0.3 is 5.69 Å². The summed E-state index contributed by atoms with van der Waals surface area (Å²) in [4.78, 5) is 26.6. The molecule has 1 aromatic heterocycles. The molecule has 0 spiro atoms. The van der Waals surface area contributed by atoms with Gasteiger partial charge in [0, 0.05) is 7.05 Å². The number of sulfonamides is 1. The molecule has 0 bridgehead atoms. The predicted octanol–water partition coefficient (Wildman–Crippen LogP) is 1.13. The lowest BCUT2D eigenvalue weighted by atomic mass is 10.2. The van der Waals surface area contributed by atoms with Gasteiger partial charge in [-0.1, -0.05) is 30.3 Å². The average molecular weight is 404 g/mol. The zero-order chi connectivity index (χ0) is 20.5. The van der Waals surface area contributed by atoms with Crippen molar-refractivity contribution in [3.63, 3.8) is 0 Å². The van der Waals surface area contributed by atoms with E-state index in [0.29, 0.717) is 5.56 Å². The van der Waals surface area contributed by atoms with Crippen LogP contribution in [0.1, 0.15) is 5.56 Å². The van der Waals surface area contributed by atoms with Crippen molar-refractivity contribution < 1.29 is 12.8 Å². The second-order valence-corrected chi connectivity index (χ2v) is 7.96. The highest BCUT2D eigenvalue weighted by Crippen LogP contribution is 2.23. The van der Waals surface area contributed by atoms with Crippen molar-refractivity contribution in [3.8, 4) is 0 Å². The lowest BCUT2D eigenvalue weighted by Gasteiger charge is -2.21. The number of aromatic nitrogens is 2. The lowest BCUT2D eigenvalue weighted by molar-refractivity contribution is 0.593. The van der Waals surface area contributed by atoms with Crippen molar-refractivity contribution in [1.29, 1.82) is 0 Å². The monoisotopic (exact) mass is 404 g/mol. The Morgan fingerprint density at radius 2 is 1.79 bits per heavy atom. The number of nitrogens with two attached hydrogens (primary N) is 1. The fourth-order valence-electron chi connectivity index (χ4n) is 2.73. The summed E-state index contributed by atoms with van der Waals surface area (Å²) in [6, 6.07) is 13.0. The van der Waals surface area contributed by atoms with Crippen molar-refractivity contribution in [2.75, 3.05) is 17.1 Å². The first kappa shape index (κ1) is 19.4. The highest BCUT2D eigenvalue weighted by Gasteiger charge is 2.27. The summed E-state index contributed by atoms with van der Waals surface area (Å²) in [6.45, 7) is -0.147. The summed E-state index contributed by atoms with van der Waals surface area (Å²) in [5, 5.41) is 0. The number of hydrogen-bond donors (Lipinski definition) is 2. The van der Waals surface area contributed by atoms with Crippen molar-refractivity contribution in [2.45, 2.75) is 11.4 Å². The third kappa shape index (κ3) is 3.54. The van der Waals surface area contributed by atoms with Gasteiger partial charge in [0.15, 0.2) is 5.69 Å². The number of nitrogen functional groups attached to an aromatic ring is 1. The van der Waals surface area contributed by atoms with Crippen LogP contribution in [0.5, 0.6) is 0 Å². The summed E-state index contributed by atoms with van der Waals surface area (Å²) in [5.41, 5.74) is 4.23. The van der Waals surface area contributed by atoms with Gasteiger partial charge in [-0.25, -0.2) is 17.6 Å². The van der Waals surface area contributed by atoms with Crippen LogP contribution in [0.15, 0.2) is 69.1 Å². The van der Waals surface area contributed by atoms with Crippen LogP contribution in [0.2, 0.25) is 0 Å². The third-order valence-corrected chi connectivity index (χ3v) is 5.93. The van der Waals surface area contributed by atoms with Gasteiger partial charge in [-0.05, 0) is 29.8 Å². The van der Waals surface area contributed by atoms with Crippen LogP contribution in [-0.4, -0.2) is 25.0 Å². The number of hydrogen-bond acceptors (Lipinski definition) is 5. The predicted molar refractivity (Wildman–Crippen MR) is 103 cm³/mol. The van der Waals surface area contributed by atoms with Gasteiger partial charge < -0.3 is 5.73 Å². The first-order chi connectivity index (χ1) is 13.2. The van der Waals surface area contributed by atoms with Gasteiger partial charge in [0.1, 0.15) is 11.6 Å². The number of H-pyrrole nitrogens is 1. The molecule has 10 heteroatoms. The Kier molecular flexibility index (Phi) is 5.06. The van der Waals surface area contributed by atoms with Crippen LogP contribution in [0.3, 0.4) is 0 Å². The summed E-state index contributed by atoms with van der Waals surface area (Å²) >= 11 is 0. The summed E-state index contributed by atoms with van der Waals surface area (Å²) in [7, 11) is -2.92. The Morgan fingerprint density at radius 1 is 1.11 bits per heavy atom. The van der Waals surface area contributed by atoms with E-state index >= 15 is 0 Å². The van der Waals surface area contributed by atoms with E-state index in [-0.39, 0.29) is 17.3 Å². The highest BCUT2D eigenvalue weighted by atomic mass is 32.2. The van der Waals surface area contributed by atoms with Crippen molar-refractivity contribution in [1.82, 2.24) is 9.55 Å². The van der Waals surface area contributed by atoms with Crippen LogP contribution in [-0.2, 0) is 16.6 Å². The maximum Gasteiger partial charge on any atom is 0.330 e. The number of nitrogens with one attached hydrogen (secondary N) is 1. The van der Waals surface area contributed by atoms with Gasteiger partial charge in [0.2, 0.25) is 0 Å². The number of aromatic amines is 1. The zero-order valence-corrected chi connectivity index (χ0v) is 15.6. The number of halogens is 1. The average Bonchev–Trinajstić information content (AvgIpc) is 2.65. The Hall–Kier alpha value is -3.40. The second kappa shape index (κ2) is 7.31. The normalized spacial score (nSPS) is 11.4. The third-order valence-electron chi connectivity index (χ3n) is 4.16. The number of anilines is 2. The van der Waals surface area contributed by atoms with Crippen molar-refractivity contribution >= 4 is 21.5 Å². The molecule has 0 unspecified atom stereocenters. The largest absolute Gasteiger partial charge is 0.383 e. The van der Waals surface area contributed by atoms with E-state index in [2.05, 4.69) is 4.98 Å². The van der Waals surface area contributed by atoms with E-state index < -0.39 is 32.8 Å². The summed E-state index contributed by atoms with van der Waals surface area (Å²) in [5.74, 6) is -0.849. The van der Waals surface area contributed by atoms with E-state index in [1.807, 2.05) is 0 Å². The molecule has 0 atom stereocenters. The van der Waals surface area contributed by atoms with Gasteiger partial charge in [-0.3, -0.25) is 18.7 Å². The van der Waals surface area contributed by atoms with Crippen LogP contribution in [0.25, 0.3) is 0 Å². The molecule has 1 heterocycles. The number of benzene rings is 2. The Morgan fingerprint density at radius 3 is 2.43 bits per heavy atom. The van der Waals surface area contributed by atoms with E-state index in [1.54, 1.807) is 24.3 Å². The molecule has 0 aliphatic carbocycles. The molecule has 0 amide bonds. The molecule has 8 nitrogen and oxygen atoms in total.